The summed E-state index contributed by atoms with van der Waals surface area (Å²) in [5.41, 5.74) is 2.13. The lowest BCUT2D eigenvalue weighted by Gasteiger charge is -2.07. The first-order chi connectivity index (χ1) is 17.3. The molecule has 12 heteroatoms. The summed E-state index contributed by atoms with van der Waals surface area (Å²) in [5, 5.41) is 4.46. The molecule has 0 spiro atoms. The molecule has 5 rings (SSSR count). The topological polar surface area (TPSA) is 116 Å². The van der Waals surface area contributed by atoms with Crippen LogP contribution in [0.2, 0.25) is 5.02 Å². The van der Waals surface area contributed by atoms with Gasteiger partial charge in [-0.15, -0.1) is 0 Å². The summed E-state index contributed by atoms with van der Waals surface area (Å²) in [6.07, 6.45) is 0. The van der Waals surface area contributed by atoms with E-state index in [1.165, 1.54) is 12.1 Å². The number of sulfonamides is 1. The summed E-state index contributed by atoms with van der Waals surface area (Å²) in [5.74, 6) is 1.13. The Labute approximate surface area is 215 Å². The van der Waals surface area contributed by atoms with Crippen molar-refractivity contribution in [2.45, 2.75) is 18.0 Å². The summed E-state index contributed by atoms with van der Waals surface area (Å²) in [4.78, 5) is 16.7. The molecule has 0 unspecified atom stereocenters. The van der Waals surface area contributed by atoms with E-state index in [0.717, 1.165) is 16.9 Å². The Morgan fingerprint density at radius 1 is 1.11 bits per heavy atom. The second-order valence-electron chi connectivity index (χ2n) is 7.74. The largest absolute Gasteiger partial charge is 0.497 e. The van der Waals surface area contributed by atoms with Crippen molar-refractivity contribution in [3.05, 3.63) is 92.9 Å². The summed E-state index contributed by atoms with van der Waals surface area (Å²) in [7, 11) is -2.33. The lowest BCUT2D eigenvalue weighted by Crippen LogP contribution is -2.23. The van der Waals surface area contributed by atoms with Gasteiger partial charge in [0.1, 0.15) is 5.75 Å². The van der Waals surface area contributed by atoms with E-state index in [2.05, 4.69) is 14.9 Å². The minimum absolute atomic E-state index is 0.0241. The maximum Gasteiger partial charge on any atom is 0.308 e. The molecule has 3 aromatic carbocycles. The minimum Gasteiger partial charge on any atom is -0.497 e. The van der Waals surface area contributed by atoms with Crippen LogP contribution in [0.1, 0.15) is 11.5 Å². The molecule has 5 aromatic rings. The first-order valence-corrected chi connectivity index (χ1v) is 13.4. The summed E-state index contributed by atoms with van der Waals surface area (Å²) in [6.45, 7) is 0.101. The third-order valence-corrected chi connectivity index (χ3v) is 8.18. The highest BCUT2D eigenvalue weighted by Gasteiger charge is 2.19. The number of fused-ring (bicyclic) bond motifs is 1. The van der Waals surface area contributed by atoms with Gasteiger partial charge < -0.3 is 9.26 Å². The monoisotopic (exact) mass is 542 g/mol. The summed E-state index contributed by atoms with van der Waals surface area (Å²) < 4.78 is 40.7. The Bertz CT molecular complexity index is 1710. The highest BCUT2D eigenvalue weighted by molar-refractivity contribution is 7.89. The van der Waals surface area contributed by atoms with Crippen LogP contribution in [0.3, 0.4) is 0 Å². The van der Waals surface area contributed by atoms with Gasteiger partial charge in [0.05, 0.1) is 35.3 Å². The Kier molecular flexibility index (Phi) is 6.63. The molecular weight excluding hydrogens is 524 g/mol. The van der Waals surface area contributed by atoms with E-state index in [-0.39, 0.29) is 28.7 Å². The van der Waals surface area contributed by atoms with Crippen LogP contribution in [0.5, 0.6) is 5.75 Å². The van der Waals surface area contributed by atoms with Crippen molar-refractivity contribution in [2.24, 2.45) is 0 Å². The van der Waals surface area contributed by atoms with Crippen molar-refractivity contribution in [3.63, 3.8) is 0 Å². The van der Waals surface area contributed by atoms with Gasteiger partial charge in [0.15, 0.2) is 0 Å². The average molecular weight is 543 g/mol. The SMILES string of the molecule is COc1ccc(-c2noc(CNS(=O)(=O)c3ccc4c(c3)sc(=O)n4Cc3ccccc3Cl)n2)cc1. The van der Waals surface area contributed by atoms with E-state index < -0.39 is 10.0 Å². The van der Waals surface area contributed by atoms with Crippen LogP contribution >= 0.6 is 22.9 Å². The molecule has 0 aliphatic carbocycles. The number of hydrogen-bond donors (Lipinski definition) is 1. The quantitative estimate of drug-likeness (QED) is 0.310. The Balaban J connectivity index is 1.33. The number of nitrogens with zero attached hydrogens (tertiary/aromatic N) is 3. The van der Waals surface area contributed by atoms with Gasteiger partial charge in [-0.2, -0.15) is 4.98 Å². The molecule has 0 atom stereocenters. The van der Waals surface area contributed by atoms with Crippen molar-refractivity contribution in [1.82, 2.24) is 19.4 Å². The first kappa shape index (κ1) is 24.2. The molecule has 0 amide bonds. The van der Waals surface area contributed by atoms with E-state index >= 15 is 0 Å². The predicted molar refractivity (Wildman–Crippen MR) is 137 cm³/mol. The molecule has 0 saturated carbocycles. The standard InChI is InChI=1S/C24H19ClN4O5S2/c1-33-17-8-6-15(7-9-17)23-27-22(34-28-23)13-26-36(31,32)18-10-11-20-21(12-18)35-24(30)29(20)14-16-4-2-3-5-19(16)25/h2-12,26H,13-14H2,1H3. The number of hydrogen-bond acceptors (Lipinski definition) is 8. The van der Waals surface area contributed by atoms with Crippen LogP contribution in [-0.4, -0.2) is 30.2 Å². The maximum atomic E-state index is 12.9. The molecule has 0 fully saturated rings. The molecule has 0 aliphatic rings. The van der Waals surface area contributed by atoms with Gasteiger partial charge in [-0.3, -0.25) is 9.36 Å². The van der Waals surface area contributed by atoms with Gasteiger partial charge in [-0.1, -0.05) is 46.3 Å². The van der Waals surface area contributed by atoms with Crippen LogP contribution < -0.4 is 14.3 Å². The molecule has 0 radical (unpaired) electrons. The van der Waals surface area contributed by atoms with Crippen molar-refractivity contribution in [3.8, 4) is 17.1 Å². The summed E-state index contributed by atoms with van der Waals surface area (Å²) in [6, 6.07) is 18.9. The van der Waals surface area contributed by atoms with Crippen molar-refractivity contribution in [1.29, 1.82) is 0 Å². The van der Waals surface area contributed by atoms with Crippen LogP contribution in [0.15, 0.2) is 80.9 Å². The van der Waals surface area contributed by atoms with Crippen molar-refractivity contribution < 1.29 is 17.7 Å². The minimum atomic E-state index is -3.90. The molecule has 36 heavy (non-hydrogen) atoms. The number of halogens is 1. The Morgan fingerprint density at radius 2 is 1.89 bits per heavy atom. The van der Waals surface area contributed by atoms with E-state index in [9.17, 15) is 13.2 Å². The fourth-order valence-electron chi connectivity index (χ4n) is 3.58. The zero-order valence-electron chi connectivity index (χ0n) is 18.8. The van der Waals surface area contributed by atoms with Gasteiger partial charge in [0.25, 0.3) is 0 Å². The fraction of sp³-hybridized carbons (Fsp3) is 0.125. The average Bonchev–Trinajstić information content (AvgIpc) is 3.48. The lowest BCUT2D eigenvalue weighted by atomic mass is 10.2. The number of aromatic nitrogens is 3. The third-order valence-electron chi connectivity index (χ3n) is 5.47. The molecule has 9 nitrogen and oxygen atoms in total. The number of thiazole rings is 1. The molecule has 0 aliphatic heterocycles. The smallest absolute Gasteiger partial charge is 0.308 e. The lowest BCUT2D eigenvalue weighted by molar-refractivity contribution is 0.376. The van der Waals surface area contributed by atoms with E-state index in [0.29, 0.717) is 32.4 Å². The molecule has 0 bridgehead atoms. The predicted octanol–water partition coefficient (Wildman–Crippen LogP) is 4.30. The molecular formula is C24H19ClN4O5S2. The van der Waals surface area contributed by atoms with Crippen molar-refractivity contribution in [2.75, 3.05) is 7.11 Å². The molecule has 1 N–H and O–H groups in total. The van der Waals surface area contributed by atoms with Gasteiger partial charge in [-0.25, -0.2) is 13.1 Å². The number of nitrogens with one attached hydrogen (secondary N) is 1. The van der Waals surface area contributed by atoms with Gasteiger partial charge in [0, 0.05) is 10.6 Å². The van der Waals surface area contributed by atoms with Crippen LogP contribution in [0, 0.1) is 0 Å². The van der Waals surface area contributed by atoms with E-state index in [4.69, 9.17) is 20.9 Å². The highest BCUT2D eigenvalue weighted by Crippen LogP contribution is 2.25. The number of ether oxygens (including phenoxy) is 1. The van der Waals surface area contributed by atoms with Crippen LogP contribution in [0.25, 0.3) is 21.6 Å². The van der Waals surface area contributed by atoms with Crippen LogP contribution in [-0.2, 0) is 23.1 Å². The van der Waals surface area contributed by atoms with Gasteiger partial charge in [0.2, 0.25) is 21.7 Å². The van der Waals surface area contributed by atoms with Crippen molar-refractivity contribution >= 4 is 43.2 Å². The fourth-order valence-corrected chi connectivity index (χ4v) is 5.79. The second kappa shape index (κ2) is 9.86. The van der Waals surface area contributed by atoms with Gasteiger partial charge in [-0.05, 0) is 54.1 Å². The van der Waals surface area contributed by atoms with E-state index in [1.54, 1.807) is 48.1 Å². The molecule has 2 aromatic heterocycles. The molecule has 0 saturated heterocycles. The molecule has 2 heterocycles. The summed E-state index contributed by atoms with van der Waals surface area (Å²) >= 11 is 7.22. The first-order valence-electron chi connectivity index (χ1n) is 10.7. The van der Waals surface area contributed by atoms with Crippen LogP contribution in [0.4, 0.5) is 0 Å². The number of rotatable bonds is 8. The third kappa shape index (κ3) is 4.91. The molecule has 184 valence electrons. The zero-order valence-corrected chi connectivity index (χ0v) is 21.2. The van der Waals surface area contributed by atoms with E-state index in [1.807, 2.05) is 18.2 Å². The normalized spacial score (nSPS) is 11.7. The highest BCUT2D eigenvalue weighted by atomic mass is 35.5. The Morgan fingerprint density at radius 3 is 2.64 bits per heavy atom. The Hall–Kier alpha value is -3.51. The van der Waals surface area contributed by atoms with Gasteiger partial charge >= 0.3 is 4.87 Å². The number of benzene rings is 3. The number of methoxy groups -OCH3 is 1. The zero-order chi connectivity index (χ0) is 25.3. The maximum absolute atomic E-state index is 12.9. The second-order valence-corrected chi connectivity index (χ2v) is 10.9.